The van der Waals surface area contributed by atoms with Crippen LogP contribution in [0, 0.1) is 5.92 Å². The highest BCUT2D eigenvalue weighted by molar-refractivity contribution is 5.45. The molecule has 3 rings (SSSR count). The highest BCUT2D eigenvalue weighted by Gasteiger charge is 2.22. The van der Waals surface area contributed by atoms with E-state index in [0.29, 0.717) is 0 Å². The second-order valence-corrected chi connectivity index (χ2v) is 5.64. The Bertz CT molecular complexity index is 394. The maximum atomic E-state index is 5.88. The van der Waals surface area contributed by atoms with Crippen LogP contribution < -0.4 is 5.73 Å². The van der Waals surface area contributed by atoms with Gasteiger partial charge in [0.05, 0.1) is 0 Å². The van der Waals surface area contributed by atoms with Crippen molar-refractivity contribution < 1.29 is 0 Å². The summed E-state index contributed by atoms with van der Waals surface area (Å²) in [5.74, 6) is 0.849. The maximum absolute atomic E-state index is 5.88. The predicted molar refractivity (Wildman–Crippen MR) is 72.0 cm³/mol. The smallest absolute Gasteiger partial charge is 0.0316 e. The van der Waals surface area contributed by atoms with Gasteiger partial charge in [0.15, 0.2) is 0 Å². The lowest BCUT2D eigenvalue weighted by molar-refractivity contribution is 0.262. The summed E-state index contributed by atoms with van der Waals surface area (Å²) in [5, 5.41) is 0. The van der Waals surface area contributed by atoms with E-state index in [1.54, 1.807) is 0 Å². The second-order valence-electron chi connectivity index (χ2n) is 5.64. The van der Waals surface area contributed by atoms with Crippen molar-refractivity contribution in [3.63, 3.8) is 0 Å². The van der Waals surface area contributed by atoms with Crippen LogP contribution in [-0.2, 0) is 12.8 Å². The zero-order valence-electron chi connectivity index (χ0n) is 10.5. The van der Waals surface area contributed by atoms with Crippen molar-refractivity contribution in [3.8, 4) is 0 Å². The fourth-order valence-corrected chi connectivity index (χ4v) is 3.34. The van der Waals surface area contributed by atoms with E-state index in [1.807, 2.05) is 6.07 Å². The van der Waals surface area contributed by atoms with Gasteiger partial charge in [-0.15, -0.1) is 0 Å². The van der Waals surface area contributed by atoms with E-state index in [1.165, 1.54) is 62.9 Å². The third-order valence-electron chi connectivity index (χ3n) is 4.28. The number of hydrogen-bond acceptors (Lipinski definition) is 2. The minimum atomic E-state index is 0.849. The Morgan fingerprint density at radius 1 is 1.18 bits per heavy atom. The summed E-state index contributed by atoms with van der Waals surface area (Å²) in [6.07, 6.45) is 6.63. The van der Waals surface area contributed by atoms with Gasteiger partial charge in [0, 0.05) is 12.2 Å². The molecule has 1 aromatic carbocycles. The first-order valence-corrected chi connectivity index (χ1v) is 6.91. The monoisotopic (exact) mass is 230 g/mol. The van der Waals surface area contributed by atoms with Gasteiger partial charge >= 0.3 is 0 Å². The zero-order valence-corrected chi connectivity index (χ0v) is 10.5. The van der Waals surface area contributed by atoms with Gasteiger partial charge in [-0.2, -0.15) is 0 Å². The fraction of sp³-hybridized carbons (Fsp3) is 0.600. The van der Waals surface area contributed by atoms with Gasteiger partial charge < -0.3 is 10.6 Å². The number of anilines is 1. The molecule has 0 aromatic heterocycles. The first-order valence-electron chi connectivity index (χ1n) is 6.91. The highest BCUT2D eigenvalue weighted by Crippen LogP contribution is 2.28. The normalized spacial score (nSPS) is 24.8. The average molecular weight is 230 g/mol. The Kier molecular flexibility index (Phi) is 3.06. The Morgan fingerprint density at radius 3 is 2.82 bits per heavy atom. The molecular weight excluding hydrogens is 208 g/mol. The number of nitrogens with zero attached hydrogens (tertiary/aromatic N) is 1. The van der Waals surface area contributed by atoms with Crippen molar-refractivity contribution in [2.45, 2.75) is 32.1 Å². The summed E-state index contributed by atoms with van der Waals surface area (Å²) in [5.41, 5.74) is 9.83. The van der Waals surface area contributed by atoms with Gasteiger partial charge in [0.25, 0.3) is 0 Å². The molecule has 2 nitrogen and oxygen atoms in total. The summed E-state index contributed by atoms with van der Waals surface area (Å²) in [4.78, 5) is 2.64. The predicted octanol–water partition coefficient (Wildman–Crippen LogP) is 2.47. The van der Waals surface area contributed by atoms with Crippen LogP contribution in [0.4, 0.5) is 5.69 Å². The van der Waals surface area contributed by atoms with Crippen LogP contribution in [0.25, 0.3) is 0 Å². The third kappa shape index (κ3) is 2.47. The molecule has 1 atom stereocenters. The van der Waals surface area contributed by atoms with Gasteiger partial charge in [0.1, 0.15) is 0 Å². The number of rotatable bonds is 2. The molecule has 1 saturated heterocycles. The highest BCUT2D eigenvalue weighted by atomic mass is 15.1. The minimum absolute atomic E-state index is 0.849. The molecule has 1 aromatic rings. The number of fused-ring (bicyclic) bond motifs is 1. The van der Waals surface area contributed by atoms with Crippen molar-refractivity contribution in [1.29, 1.82) is 0 Å². The van der Waals surface area contributed by atoms with Crippen LogP contribution in [0.15, 0.2) is 18.2 Å². The topological polar surface area (TPSA) is 29.3 Å². The third-order valence-corrected chi connectivity index (χ3v) is 4.28. The molecule has 1 fully saturated rings. The van der Waals surface area contributed by atoms with E-state index in [4.69, 9.17) is 5.73 Å². The minimum Gasteiger partial charge on any atom is -0.399 e. The zero-order chi connectivity index (χ0) is 11.7. The molecule has 1 heterocycles. The Morgan fingerprint density at radius 2 is 2.00 bits per heavy atom. The summed E-state index contributed by atoms with van der Waals surface area (Å²) in [6, 6.07) is 6.45. The summed E-state index contributed by atoms with van der Waals surface area (Å²) < 4.78 is 0. The van der Waals surface area contributed by atoms with Gasteiger partial charge in [-0.05, 0) is 74.4 Å². The molecule has 0 bridgehead atoms. The average Bonchev–Trinajstić information content (AvgIpc) is 2.81. The van der Waals surface area contributed by atoms with Crippen LogP contribution >= 0.6 is 0 Å². The van der Waals surface area contributed by atoms with Crippen LogP contribution in [0.1, 0.15) is 30.4 Å². The van der Waals surface area contributed by atoms with Crippen molar-refractivity contribution in [2.24, 2.45) is 5.92 Å². The Labute approximate surface area is 104 Å². The molecule has 0 saturated carbocycles. The largest absolute Gasteiger partial charge is 0.399 e. The van der Waals surface area contributed by atoms with E-state index in [0.717, 1.165) is 11.6 Å². The van der Waals surface area contributed by atoms with Crippen LogP contribution in [0.2, 0.25) is 0 Å². The van der Waals surface area contributed by atoms with Crippen LogP contribution in [-0.4, -0.2) is 24.5 Å². The molecule has 1 aliphatic heterocycles. The van der Waals surface area contributed by atoms with E-state index in [9.17, 15) is 0 Å². The van der Waals surface area contributed by atoms with E-state index in [2.05, 4.69) is 17.0 Å². The lowest BCUT2D eigenvalue weighted by atomic mass is 9.83. The van der Waals surface area contributed by atoms with Crippen molar-refractivity contribution in [3.05, 3.63) is 29.3 Å². The number of aryl methyl sites for hydroxylation is 1. The van der Waals surface area contributed by atoms with Crippen LogP contribution in [0.3, 0.4) is 0 Å². The quantitative estimate of drug-likeness (QED) is 0.791. The molecule has 1 aliphatic carbocycles. The molecular formula is C15H22N2. The van der Waals surface area contributed by atoms with E-state index < -0.39 is 0 Å². The molecule has 1 unspecified atom stereocenters. The van der Waals surface area contributed by atoms with Crippen molar-refractivity contribution in [2.75, 3.05) is 25.4 Å². The van der Waals surface area contributed by atoms with Crippen molar-refractivity contribution in [1.82, 2.24) is 4.90 Å². The van der Waals surface area contributed by atoms with Crippen LogP contribution in [0.5, 0.6) is 0 Å². The molecule has 0 spiro atoms. The number of hydrogen-bond donors (Lipinski definition) is 1. The molecule has 2 aliphatic rings. The first-order chi connectivity index (χ1) is 8.31. The van der Waals surface area contributed by atoms with Gasteiger partial charge in [0.2, 0.25) is 0 Å². The number of benzene rings is 1. The standard InChI is InChI=1S/C15H22N2/c16-15-6-5-13-4-3-12(9-14(13)10-15)11-17-7-1-2-8-17/h5-6,10,12H,1-4,7-9,11,16H2. The van der Waals surface area contributed by atoms with Gasteiger partial charge in [-0.1, -0.05) is 6.07 Å². The van der Waals surface area contributed by atoms with Crippen molar-refractivity contribution >= 4 is 5.69 Å². The SMILES string of the molecule is Nc1ccc2c(c1)CC(CN1CCCC1)CC2. The lowest BCUT2D eigenvalue weighted by Gasteiger charge is -2.28. The fourth-order valence-electron chi connectivity index (χ4n) is 3.34. The number of nitrogens with two attached hydrogens (primary N) is 1. The second kappa shape index (κ2) is 4.69. The summed E-state index contributed by atoms with van der Waals surface area (Å²) in [7, 11) is 0. The first kappa shape index (κ1) is 11.1. The summed E-state index contributed by atoms with van der Waals surface area (Å²) in [6.45, 7) is 3.94. The molecule has 92 valence electrons. The molecule has 0 radical (unpaired) electrons. The summed E-state index contributed by atoms with van der Waals surface area (Å²) >= 11 is 0. The Balaban J connectivity index is 1.67. The molecule has 2 N–H and O–H groups in total. The van der Waals surface area contributed by atoms with Gasteiger partial charge in [-0.3, -0.25) is 0 Å². The van der Waals surface area contributed by atoms with Gasteiger partial charge in [-0.25, -0.2) is 0 Å². The molecule has 17 heavy (non-hydrogen) atoms. The maximum Gasteiger partial charge on any atom is 0.0316 e. The number of nitrogen functional groups attached to an aromatic ring is 1. The van der Waals surface area contributed by atoms with E-state index >= 15 is 0 Å². The van der Waals surface area contributed by atoms with E-state index in [-0.39, 0.29) is 0 Å². The molecule has 0 amide bonds. The Hall–Kier alpha value is -1.02. The number of likely N-dealkylation sites (tertiary alicyclic amines) is 1. The molecule has 2 heteroatoms. The lowest BCUT2D eigenvalue weighted by Crippen LogP contribution is -2.30.